The second-order valence-corrected chi connectivity index (χ2v) is 6.26. The van der Waals surface area contributed by atoms with Crippen LogP contribution in [-0.2, 0) is 13.1 Å². The molecule has 0 aliphatic heterocycles. The van der Waals surface area contributed by atoms with Crippen LogP contribution in [0.3, 0.4) is 0 Å². The zero-order chi connectivity index (χ0) is 19.0. The molecule has 6 heteroatoms. The Bertz CT molecular complexity index is 993. The number of aromatic nitrogens is 4. The fraction of sp³-hybridized carbons (Fsp3) is 0.0909. The average molecular weight is 368 g/mol. The molecule has 2 aromatic heterocycles. The Morgan fingerprint density at radius 3 is 2.29 bits per heavy atom. The van der Waals surface area contributed by atoms with Gasteiger partial charge in [-0.05, 0) is 29.3 Å². The second-order valence-electron chi connectivity index (χ2n) is 6.26. The fourth-order valence-electron chi connectivity index (χ4n) is 2.86. The van der Waals surface area contributed by atoms with Crippen molar-refractivity contribution in [2.24, 2.45) is 0 Å². The minimum Gasteiger partial charge on any atom is -0.349 e. The highest BCUT2D eigenvalue weighted by molar-refractivity contribution is 5.60. The molecule has 28 heavy (non-hydrogen) atoms. The first-order valence-corrected chi connectivity index (χ1v) is 9.07. The van der Waals surface area contributed by atoms with E-state index in [1.54, 1.807) is 12.4 Å². The molecule has 4 aromatic rings. The summed E-state index contributed by atoms with van der Waals surface area (Å²) in [5, 5.41) is 11.5. The number of rotatable bonds is 7. The van der Waals surface area contributed by atoms with E-state index in [0.717, 1.165) is 17.1 Å². The molecule has 138 valence electrons. The third kappa shape index (κ3) is 4.48. The summed E-state index contributed by atoms with van der Waals surface area (Å²) >= 11 is 0. The second kappa shape index (κ2) is 8.73. The van der Waals surface area contributed by atoms with Crippen LogP contribution in [0.5, 0.6) is 0 Å². The van der Waals surface area contributed by atoms with Crippen molar-refractivity contribution in [3.8, 4) is 0 Å². The zero-order valence-corrected chi connectivity index (χ0v) is 15.3. The van der Waals surface area contributed by atoms with Crippen molar-refractivity contribution in [2.45, 2.75) is 13.1 Å². The molecule has 0 aliphatic carbocycles. The van der Waals surface area contributed by atoms with Crippen LogP contribution in [0.15, 0.2) is 91.4 Å². The van der Waals surface area contributed by atoms with Gasteiger partial charge >= 0.3 is 0 Å². The van der Waals surface area contributed by atoms with Crippen molar-refractivity contribution in [1.29, 1.82) is 0 Å². The molecule has 2 aromatic carbocycles. The smallest absolute Gasteiger partial charge is 0.244 e. The number of nitrogens with one attached hydrogen (secondary N) is 1. The Morgan fingerprint density at radius 2 is 1.54 bits per heavy atom. The lowest BCUT2D eigenvalue weighted by Gasteiger charge is -2.24. The molecule has 0 amide bonds. The predicted octanol–water partition coefficient (Wildman–Crippen LogP) is 4.22. The van der Waals surface area contributed by atoms with E-state index in [-0.39, 0.29) is 0 Å². The lowest BCUT2D eigenvalue weighted by atomic mass is 10.2. The molecule has 6 nitrogen and oxygen atoms in total. The first-order valence-electron chi connectivity index (χ1n) is 9.07. The third-order valence-corrected chi connectivity index (χ3v) is 4.25. The molecule has 0 saturated carbocycles. The molecule has 0 spiro atoms. The molecule has 0 unspecified atom stereocenters. The van der Waals surface area contributed by atoms with Crippen LogP contribution in [-0.4, -0.2) is 20.2 Å². The standard InChI is InChI=1S/C22H20N6/c1-3-8-18(9-4-1)17-28(20-11-5-2-6-12-20)21-16-25-27-22(26-21)24-15-19-10-7-13-23-14-19/h1-14,16H,15,17H2,(H,24,26,27). The minimum atomic E-state index is 0.482. The highest BCUT2D eigenvalue weighted by Crippen LogP contribution is 2.25. The van der Waals surface area contributed by atoms with Crippen molar-refractivity contribution >= 4 is 17.5 Å². The molecule has 0 aliphatic rings. The quantitative estimate of drug-likeness (QED) is 0.527. The number of nitrogens with zero attached hydrogens (tertiary/aromatic N) is 5. The Hall–Kier alpha value is -3.80. The molecule has 0 bridgehead atoms. The normalized spacial score (nSPS) is 10.4. The van der Waals surface area contributed by atoms with Gasteiger partial charge in [0.1, 0.15) is 0 Å². The monoisotopic (exact) mass is 368 g/mol. The molecule has 4 rings (SSSR count). The van der Waals surface area contributed by atoms with Gasteiger partial charge in [-0.1, -0.05) is 54.6 Å². The van der Waals surface area contributed by atoms with E-state index < -0.39 is 0 Å². The lowest BCUT2D eigenvalue weighted by molar-refractivity contribution is 0.887. The maximum Gasteiger partial charge on any atom is 0.244 e. The largest absolute Gasteiger partial charge is 0.349 e. The van der Waals surface area contributed by atoms with E-state index in [1.165, 1.54) is 5.56 Å². The van der Waals surface area contributed by atoms with Gasteiger partial charge in [0.05, 0.1) is 6.20 Å². The zero-order valence-electron chi connectivity index (χ0n) is 15.3. The van der Waals surface area contributed by atoms with E-state index in [4.69, 9.17) is 0 Å². The van der Waals surface area contributed by atoms with Gasteiger partial charge in [-0.25, -0.2) is 0 Å². The van der Waals surface area contributed by atoms with Crippen molar-refractivity contribution in [3.63, 3.8) is 0 Å². The van der Waals surface area contributed by atoms with Gasteiger partial charge in [0.2, 0.25) is 5.95 Å². The van der Waals surface area contributed by atoms with E-state index in [0.29, 0.717) is 19.0 Å². The Morgan fingerprint density at radius 1 is 0.786 bits per heavy atom. The Labute approximate surface area is 163 Å². The molecule has 0 atom stereocenters. The maximum atomic E-state index is 4.68. The summed E-state index contributed by atoms with van der Waals surface area (Å²) in [6, 6.07) is 24.4. The van der Waals surface area contributed by atoms with Crippen LogP contribution >= 0.6 is 0 Å². The maximum absolute atomic E-state index is 4.68. The van der Waals surface area contributed by atoms with Crippen molar-refractivity contribution in [3.05, 3.63) is 103 Å². The number of benzene rings is 2. The summed E-state index contributed by atoms with van der Waals surface area (Å²) in [4.78, 5) is 10.9. The lowest BCUT2D eigenvalue weighted by Crippen LogP contribution is -2.19. The van der Waals surface area contributed by atoms with Crippen molar-refractivity contribution < 1.29 is 0 Å². The van der Waals surface area contributed by atoms with Crippen molar-refractivity contribution in [1.82, 2.24) is 20.2 Å². The highest BCUT2D eigenvalue weighted by atomic mass is 15.3. The van der Waals surface area contributed by atoms with Gasteiger partial charge in [0.15, 0.2) is 5.82 Å². The number of anilines is 3. The molecule has 0 radical (unpaired) electrons. The van der Waals surface area contributed by atoms with Crippen LogP contribution in [0.4, 0.5) is 17.5 Å². The average Bonchev–Trinajstić information content (AvgIpc) is 2.78. The molecule has 0 fully saturated rings. The summed E-state index contributed by atoms with van der Waals surface area (Å²) in [5.74, 6) is 1.22. The topological polar surface area (TPSA) is 66.8 Å². The first-order chi connectivity index (χ1) is 13.9. The molecular formula is C22H20N6. The van der Waals surface area contributed by atoms with E-state index >= 15 is 0 Å². The summed E-state index contributed by atoms with van der Waals surface area (Å²) in [6.45, 7) is 1.27. The summed E-state index contributed by atoms with van der Waals surface area (Å²) in [7, 11) is 0. The van der Waals surface area contributed by atoms with Crippen LogP contribution in [0.1, 0.15) is 11.1 Å². The molecule has 0 saturated heterocycles. The van der Waals surface area contributed by atoms with E-state index in [2.05, 4.69) is 54.6 Å². The first kappa shape index (κ1) is 17.6. The molecular weight excluding hydrogens is 348 g/mol. The fourth-order valence-corrected chi connectivity index (χ4v) is 2.86. The summed E-state index contributed by atoms with van der Waals surface area (Å²) in [5.41, 5.74) is 3.29. The number of hydrogen-bond donors (Lipinski definition) is 1. The summed E-state index contributed by atoms with van der Waals surface area (Å²) in [6.07, 6.45) is 5.25. The van der Waals surface area contributed by atoms with Crippen molar-refractivity contribution in [2.75, 3.05) is 10.2 Å². The van der Waals surface area contributed by atoms with Crippen LogP contribution in [0.2, 0.25) is 0 Å². The Kier molecular flexibility index (Phi) is 5.49. The van der Waals surface area contributed by atoms with E-state index in [1.807, 2.05) is 54.7 Å². The van der Waals surface area contributed by atoms with Gasteiger partial charge in [-0.2, -0.15) is 10.1 Å². The number of pyridine rings is 1. The van der Waals surface area contributed by atoms with Crippen LogP contribution in [0.25, 0.3) is 0 Å². The number of para-hydroxylation sites is 1. The van der Waals surface area contributed by atoms with Gasteiger partial charge in [0.25, 0.3) is 0 Å². The van der Waals surface area contributed by atoms with Gasteiger partial charge in [-0.15, -0.1) is 5.10 Å². The van der Waals surface area contributed by atoms with E-state index in [9.17, 15) is 0 Å². The minimum absolute atomic E-state index is 0.482. The van der Waals surface area contributed by atoms with Gasteiger partial charge in [0, 0.05) is 31.2 Å². The highest BCUT2D eigenvalue weighted by Gasteiger charge is 2.13. The number of hydrogen-bond acceptors (Lipinski definition) is 6. The predicted molar refractivity (Wildman–Crippen MR) is 110 cm³/mol. The third-order valence-electron chi connectivity index (χ3n) is 4.25. The van der Waals surface area contributed by atoms with Crippen LogP contribution < -0.4 is 10.2 Å². The van der Waals surface area contributed by atoms with Crippen LogP contribution in [0, 0.1) is 0 Å². The molecule has 1 N–H and O–H groups in total. The van der Waals surface area contributed by atoms with Gasteiger partial charge in [-0.3, -0.25) is 4.98 Å². The van der Waals surface area contributed by atoms with Gasteiger partial charge < -0.3 is 10.2 Å². The summed E-state index contributed by atoms with van der Waals surface area (Å²) < 4.78 is 0. The Balaban J connectivity index is 1.59. The SMILES string of the molecule is c1ccc(CN(c2ccccc2)c2cnnc(NCc3cccnc3)n2)cc1. The molecule has 2 heterocycles.